The van der Waals surface area contributed by atoms with Gasteiger partial charge in [0.2, 0.25) is 5.89 Å². The number of H-pyrrole nitrogens is 1. The molecule has 0 bridgehead atoms. The average Bonchev–Trinajstić information content (AvgIpc) is 3.15. The van der Waals surface area contributed by atoms with Gasteiger partial charge in [-0.2, -0.15) is 5.10 Å². The summed E-state index contributed by atoms with van der Waals surface area (Å²) in [7, 11) is 4.08. The summed E-state index contributed by atoms with van der Waals surface area (Å²) in [6, 6.07) is 0.552. The first kappa shape index (κ1) is 15.9. The minimum Gasteiger partial charge on any atom is -0.443 e. The normalized spacial score (nSPS) is 22.4. The number of hydrogen-bond acceptors (Lipinski definition) is 6. The van der Waals surface area contributed by atoms with Crippen LogP contribution in [0, 0.1) is 0 Å². The Morgan fingerprint density at radius 3 is 2.77 bits per heavy atom. The number of aromatic nitrogens is 3. The Labute approximate surface area is 139 Å². The number of hydrogen-bond donors (Lipinski definition) is 2. The molecule has 6 nitrogen and oxygen atoms in total. The molecule has 2 aromatic heterocycles. The van der Waals surface area contributed by atoms with E-state index in [0.717, 1.165) is 31.4 Å². The number of aromatic amines is 1. The average molecular weight is 342 g/mol. The number of nitrogens with zero attached hydrogens (tertiary/aromatic N) is 3. The molecule has 1 aliphatic carbocycles. The fraction of sp³-hybridized carbons (Fsp3) is 0.571. The van der Waals surface area contributed by atoms with E-state index in [1.54, 1.807) is 18.3 Å². The summed E-state index contributed by atoms with van der Waals surface area (Å²) in [5.41, 5.74) is 1.61. The lowest BCUT2D eigenvalue weighted by Crippen LogP contribution is -2.30. The molecule has 1 saturated carbocycles. The molecular weight excluding hydrogens is 322 g/mol. The molecule has 0 atom stereocenters. The van der Waals surface area contributed by atoms with E-state index in [-0.39, 0.29) is 0 Å². The van der Waals surface area contributed by atoms with Crippen LogP contribution in [0.3, 0.4) is 0 Å². The van der Waals surface area contributed by atoms with Crippen LogP contribution in [-0.4, -0.2) is 39.6 Å². The Bertz CT molecular complexity index is 592. The Kier molecular flexibility index (Phi) is 5.07. The van der Waals surface area contributed by atoms with Gasteiger partial charge in [-0.15, -0.1) is 0 Å². The van der Waals surface area contributed by atoms with Gasteiger partial charge in [0, 0.05) is 24.1 Å². The van der Waals surface area contributed by atoms with Crippen molar-refractivity contribution in [3.05, 3.63) is 23.2 Å². The van der Waals surface area contributed by atoms with Crippen LogP contribution in [0.1, 0.15) is 37.3 Å². The molecular formula is C14H20ClN5OS. The summed E-state index contributed by atoms with van der Waals surface area (Å²) in [4.78, 5) is 4.11. The van der Waals surface area contributed by atoms with Crippen molar-refractivity contribution in [2.75, 3.05) is 14.1 Å². The number of halogens is 1. The lowest BCUT2D eigenvalue weighted by atomic mass is 9.84. The summed E-state index contributed by atoms with van der Waals surface area (Å²) < 4.78 is 10.8. The predicted molar refractivity (Wildman–Crippen MR) is 88.5 cm³/mol. The molecule has 2 N–H and O–H groups in total. The molecule has 22 heavy (non-hydrogen) atoms. The van der Waals surface area contributed by atoms with E-state index in [9.17, 15) is 0 Å². The van der Waals surface area contributed by atoms with E-state index in [1.165, 1.54) is 6.26 Å². The maximum atomic E-state index is 6.47. The van der Waals surface area contributed by atoms with Gasteiger partial charge in [0.05, 0.1) is 16.9 Å². The molecule has 0 spiro atoms. The van der Waals surface area contributed by atoms with Crippen molar-refractivity contribution in [3.8, 4) is 11.6 Å². The molecule has 3 rings (SSSR count). The second-order valence-electron chi connectivity index (χ2n) is 5.71. The first-order valence-electron chi connectivity index (χ1n) is 7.38. The first-order valence-corrected chi connectivity index (χ1v) is 8.53. The number of rotatable bonds is 5. The molecule has 2 heterocycles. The van der Waals surface area contributed by atoms with Gasteiger partial charge in [-0.25, -0.2) is 14.0 Å². The summed E-state index contributed by atoms with van der Waals surface area (Å²) in [5, 5.41) is 7.99. The van der Waals surface area contributed by atoms with E-state index in [2.05, 4.69) is 24.2 Å². The topological polar surface area (TPSA) is 70.0 Å². The van der Waals surface area contributed by atoms with Crippen LogP contribution in [0.2, 0.25) is 5.02 Å². The number of nitrogens with one attached hydrogen (secondary N) is 2. The van der Waals surface area contributed by atoms with Crippen LogP contribution in [-0.2, 0) is 0 Å². The van der Waals surface area contributed by atoms with Crippen molar-refractivity contribution in [3.63, 3.8) is 0 Å². The van der Waals surface area contributed by atoms with Crippen molar-refractivity contribution in [1.82, 2.24) is 24.2 Å². The molecule has 1 aliphatic rings. The lowest BCUT2D eigenvalue weighted by molar-refractivity contribution is 0.375. The standard InChI is InChI=1S/C14H20ClN5OS/c1-20(2)22-19-10-5-3-9(4-6-10)12-11(15)13(18-17-12)14-16-7-8-21-14/h7-10,19H,3-6H2,1-2H3,(H,17,18). The zero-order valence-electron chi connectivity index (χ0n) is 12.7. The minimum atomic E-state index is 0.422. The SMILES string of the molecule is CN(C)SNC1CCC(c2[nH]nc(-c3ncco3)c2Cl)CC1. The smallest absolute Gasteiger partial charge is 0.248 e. The van der Waals surface area contributed by atoms with E-state index in [4.69, 9.17) is 16.0 Å². The van der Waals surface area contributed by atoms with Crippen LogP contribution in [0.25, 0.3) is 11.6 Å². The van der Waals surface area contributed by atoms with Crippen molar-refractivity contribution < 1.29 is 4.42 Å². The van der Waals surface area contributed by atoms with Gasteiger partial charge in [0.15, 0.2) is 5.69 Å². The largest absolute Gasteiger partial charge is 0.443 e. The fourth-order valence-corrected chi connectivity index (χ4v) is 3.69. The summed E-state index contributed by atoms with van der Waals surface area (Å²) in [5.74, 6) is 0.886. The van der Waals surface area contributed by atoms with Crippen molar-refractivity contribution in [2.45, 2.75) is 37.6 Å². The first-order chi connectivity index (χ1) is 10.6. The Hall–Kier alpha value is -1.02. The maximum Gasteiger partial charge on any atom is 0.248 e. The molecule has 0 saturated heterocycles. The highest BCUT2D eigenvalue weighted by molar-refractivity contribution is 7.95. The number of oxazole rings is 1. The molecule has 0 unspecified atom stereocenters. The zero-order chi connectivity index (χ0) is 15.5. The maximum absolute atomic E-state index is 6.47. The summed E-state index contributed by atoms with van der Waals surface area (Å²) >= 11 is 8.12. The monoisotopic (exact) mass is 341 g/mol. The van der Waals surface area contributed by atoms with Gasteiger partial charge in [-0.1, -0.05) is 11.6 Å². The van der Waals surface area contributed by atoms with Gasteiger partial charge in [-0.05, 0) is 39.8 Å². The van der Waals surface area contributed by atoms with Gasteiger partial charge >= 0.3 is 0 Å². The van der Waals surface area contributed by atoms with Crippen molar-refractivity contribution >= 4 is 23.7 Å². The molecule has 1 fully saturated rings. The molecule has 2 aromatic rings. The highest BCUT2D eigenvalue weighted by atomic mass is 35.5. The molecule has 0 aromatic carbocycles. The van der Waals surface area contributed by atoms with Crippen LogP contribution in [0.4, 0.5) is 0 Å². The van der Waals surface area contributed by atoms with Crippen LogP contribution >= 0.6 is 23.7 Å². The lowest BCUT2D eigenvalue weighted by Gasteiger charge is -2.29. The third-order valence-electron chi connectivity index (χ3n) is 3.90. The molecule has 0 aliphatic heterocycles. The quantitative estimate of drug-likeness (QED) is 0.812. The van der Waals surface area contributed by atoms with Gasteiger partial charge in [-0.3, -0.25) is 5.10 Å². The van der Waals surface area contributed by atoms with E-state index in [0.29, 0.717) is 28.6 Å². The van der Waals surface area contributed by atoms with Gasteiger partial charge in [0.25, 0.3) is 0 Å². The molecule has 120 valence electrons. The fourth-order valence-electron chi connectivity index (χ4n) is 2.77. The Morgan fingerprint density at radius 1 is 1.36 bits per heavy atom. The highest BCUT2D eigenvalue weighted by Gasteiger charge is 2.27. The van der Waals surface area contributed by atoms with Crippen LogP contribution in [0.15, 0.2) is 16.9 Å². The third kappa shape index (κ3) is 3.48. The van der Waals surface area contributed by atoms with Gasteiger partial charge in [0.1, 0.15) is 6.26 Å². The molecule has 0 amide bonds. The predicted octanol–water partition coefficient (Wildman–Crippen LogP) is 3.46. The highest BCUT2D eigenvalue weighted by Crippen LogP contribution is 2.38. The minimum absolute atomic E-state index is 0.422. The summed E-state index contributed by atoms with van der Waals surface area (Å²) in [6.45, 7) is 0. The Balaban J connectivity index is 1.62. The van der Waals surface area contributed by atoms with E-state index < -0.39 is 0 Å². The van der Waals surface area contributed by atoms with E-state index >= 15 is 0 Å². The molecule has 0 radical (unpaired) electrons. The second kappa shape index (κ2) is 7.04. The van der Waals surface area contributed by atoms with E-state index in [1.807, 2.05) is 14.1 Å². The second-order valence-corrected chi connectivity index (χ2v) is 7.23. The van der Waals surface area contributed by atoms with Crippen LogP contribution < -0.4 is 4.72 Å². The van der Waals surface area contributed by atoms with Crippen molar-refractivity contribution in [1.29, 1.82) is 0 Å². The van der Waals surface area contributed by atoms with Crippen molar-refractivity contribution in [2.24, 2.45) is 0 Å². The zero-order valence-corrected chi connectivity index (χ0v) is 14.2. The van der Waals surface area contributed by atoms with Crippen LogP contribution in [0.5, 0.6) is 0 Å². The third-order valence-corrected chi connectivity index (χ3v) is 5.09. The molecule has 8 heteroatoms. The Morgan fingerprint density at radius 2 is 2.14 bits per heavy atom. The summed E-state index contributed by atoms with van der Waals surface area (Å²) in [6.07, 6.45) is 7.58. The van der Waals surface area contributed by atoms with Gasteiger partial charge < -0.3 is 4.42 Å².